The molecule has 7 heteroatoms. The summed E-state index contributed by atoms with van der Waals surface area (Å²) in [6.07, 6.45) is -0.181. The lowest BCUT2D eigenvalue weighted by Gasteiger charge is -2.20. The van der Waals surface area contributed by atoms with Crippen molar-refractivity contribution in [2.45, 2.75) is 20.3 Å². The van der Waals surface area contributed by atoms with Crippen molar-refractivity contribution >= 4 is 34.0 Å². The first kappa shape index (κ1) is 24.5. The molecule has 1 N–H and O–H groups in total. The number of nitrogens with zero attached hydrogens (tertiary/aromatic N) is 2. The Morgan fingerprint density at radius 1 is 0.919 bits per heavy atom. The lowest BCUT2D eigenvalue weighted by atomic mass is 10.0. The van der Waals surface area contributed by atoms with Crippen LogP contribution in [0.3, 0.4) is 0 Å². The molecule has 5 aromatic rings. The molecule has 0 saturated heterocycles. The molecular weight excluding hydrogens is 484 g/mol. The van der Waals surface area contributed by atoms with Crippen LogP contribution in [0.2, 0.25) is 0 Å². The summed E-state index contributed by atoms with van der Waals surface area (Å²) in [6, 6.07) is 25.5. The Hall–Kier alpha value is -4.23. The van der Waals surface area contributed by atoms with E-state index < -0.39 is 11.6 Å². The van der Waals surface area contributed by atoms with E-state index in [9.17, 15) is 14.7 Å². The third-order valence-electron chi connectivity index (χ3n) is 6.35. The second-order valence-electron chi connectivity index (χ2n) is 8.65. The molecule has 37 heavy (non-hydrogen) atoms. The van der Waals surface area contributed by atoms with Gasteiger partial charge in [-0.05, 0) is 43.2 Å². The number of carboxylic acid groups (broad SMARTS) is 1. The fraction of sp³-hybridized carbons (Fsp3) is 0.167. The zero-order valence-electron chi connectivity index (χ0n) is 20.6. The minimum atomic E-state index is -0.952. The number of carboxylic acids is 1. The van der Waals surface area contributed by atoms with Gasteiger partial charge in [-0.1, -0.05) is 54.6 Å². The first-order valence-corrected chi connectivity index (χ1v) is 13.0. The fourth-order valence-electron chi connectivity index (χ4n) is 4.44. The number of hydrogen-bond donors (Lipinski definition) is 1. The van der Waals surface area contributed by atoms with Crippen molar-refractivity contribution in [2.24, 2.45) is 0 Å². The summed E-state index contributed by atoms with van der Waals surface area (Å²) >= 11 is 1.21. The van der Waals surface area contributed by atoms with Crippen LogP contribution in [-0.2, 0) is 11.2 Å². The van der Waals surface area contributed by atoms with Crippen LogP contribution in [0.25, 0.3) is 43.9 Å². The first-order chi connectivity index (χ1) is 18.0. The maximum atomic E-state index is 13.0. The largest absolute Gasteiger partial charge is 0.481 e. The van der Waals surface area contributed by atoms with E-state index >= 15 is 0 Å². The lowest BCUT2D eigenvalue weighted by molar-refractivity contribution is -0.136. The van der Waals surface area contributed by atoms with Gasteiger partial charge in [-0.3, -0.25) is 4.79 Å². The van der Waals surface area contributed by atoms with Gasteiger partial charge in [0.15, 0.2) is 0 Å². The van der Waals surface area contributed by atoms with E-state index in [-0.39, 0.29) is 6.42 Å². The Kier molecular flexibility index (Phi) is 6.88. The van der Waals surface area contributed by atoms with Gasteiger partial charge in [0, 0.05) is 40.7 Å². The van der Waals surface area contributed by atoms with Gasteiger partial charge in [0.25, 0.3) is 0 Å². The Balaban J connectivity index is 1.55. The summed E-state index contributed by atoms with van der Waals surface area (Å²) in [5, 5.41) is 10.7. The molecule has 0 fully saturated rings. The molecule has 0 aliphatic rings. The van der Waals surface area contributed by atoms with Gasteiger partial charge in [-0.25, -0.2) is 9.78 Å². The Bertz CT molecular complexity index is 1620. The van der Waals surface area contributed by atoms with Gasteiger partial charge in [-0.2, -0.15) is 0 Å². The fourth-order valence-corrected chi connectivity index (χ4v) is 5.51. The second kappa shape index (κ2) is 10.4. The topological polar surface area (TPSA) is 83.6 Å². The van der Waals surface area contributed by atoms with Crippen LogP contribution in [0.15, 0.2) is 88.1 Å². The Morgan fingerprint density at radius 3 is 2.27 bits per heavy atom. The molecule has 0 spiro atoms. The van der Waals surface area contributed by atoms with Crippen LogP contribution in [0.1, 0.15) is 18.7 Å². The number of thiazole rings is 1. The zero-order valence-corrected chi connectivity index (χ0v) is 21.4. The number of fused-ring (bicyclic) bond motifs is 1. The SMILES string of the molecule is CCN(CC)c1ccc2cc(-c3nc(-c4ccc(-c5ccccc5)cc4)c(CC(=O)O)s3)c(=O)oc2c1. The molecule has 0 saturated carbocycles. The predicted octanol–water partition coefficient (Wildman–Crippen LogP) is 6.72. The van der Waals surface area contributed by atoms with Gasteiger partial charge in [0.1, 0.15) is 10.6 Å². The van der Waals surface area contributed by atoms with Gasteiger partial charge in [-0.15, -0.1) is 11.3 Å². The van der Waals surface area contributed by atoms with Crippen molar-refractivity contribution in [3.8, 4) is 33.0 Å². The van der Waals surface area contributed by atoms with E-state index in [2.05, 4.69) is 18.7 Å². The van der Waals surface area contributed by atoms with Gasteiger partial charge < -0.3 is 14.4 Å². The van der Waals surface area contributed by atoms with Gasteiger partial charge in [0.05, 0.1) is 17.7 Å². The average molecular weight is 511 g/mol. The van der Waals surface area contributed by atoms with Crippen molar-refractivity contribution in [1.29, 1.82) is 0 Å². The van der Waals surface area contributed by atoms with Crippen LogP contribution in [-0.4, -0.2) is 29.1 Å². The maximum Gasteiger partial charge on any atom is 0.346 e. The summed E-state index contributed by atoms with van der Waals surface area (Å²) in [6.45, 7) is 5.86. The second-order valence-corrected chi connectivity index (χ2v) is 9.73. The van der Waals surface area contributed by atoms with Crippen LogP contribution >= 0.6 is 11.3 Å². The van der Waals surface area contributed by atoms with E-state index in [0.717, 1.165) is 40.9 Å². The minimum Gasteiger partial charge on any atom is -0.481 e. The van der Waals surface area contributed by atoms with E-state index in [1.807, 2.05) is 72.8 Å². The number of carbonyl (C=O) groups is 1. The highest BCUT2D eigenvalue weighted by molar-refractivity contribution is 7.15. The quantitative estimate of drug-likeness (QED) is 0.233. The van der Waals surface area contributed by atoms with Crippen molar-refractivity contribution in [2.75, 3.05) is 18.0 Å². The number of aromatic nitrogens is 1. The number of benzene rings is 3. The highest BCUT2D eigenvalue weighted by Gasteiger charge is 2.20. The molecular formula is C30H26N2O4S. The molecule has 186 valence electrons. The number of anilines is 1. The third-order valence-corrected chi connectivity index (χ3v) is 7.44. The summed E-state index contributed by atoms with van der Waals surface area (Å²) in [5.74, 6) is -0.952. The molecule has 0 amide bonds. The van der Waals surface area contributed by atoms with E-state index in [4.69, 9.17) is 9.40 Å². The molecule has 0 aliphatic heterocycles. The molecule has 2 aromatic heterocycles. The van der Waals surface area contributed by atoms with Gasteiger partial charge in [0.2, 0.25) is 0 Å². The zero-order chi connectivity index (χ0) is 25.9. The molecule has 0 aliphatic carbocycles. The summed E-state index contributed by atoms with van der Waals surface area (Å²) in [5.41, 5.74) is 4.85. The monoisotopic (exact) mass is 510 g/mol. The molecule has 2 heterocycles. The van der Waals surface area contributed by atoms with Crippen LogP contribution < -0.4 is 10.5 Å². The first-order valence-electron chi connectivity index (χ1n) is 12.2. The standard InChI is InChI=1S/C30H26N2O4S/c1-3-32(4-2)23-15-14-22-16-24(30(35)36-25(22)17-23)29-31-28(26(37-29)18-27(33)34)21-12-10-20(11-13-21)19-8-6-5-7-9-19/h5-17H,3-4,18H2,1-2H3,(H,33,34). The Labute approximate surface area is 218 Å². The summed E-state index contributed by atoms with van der Waals surface area (Å²) in [7, 11) is 0. The molecule has 6 nitrogen and oxygen atoms in total. The molecule has 5 rings (SSSR count). The van der Waals surface area contributed by atoms with Crippen molar-refractivity contribution in [3.63, 3.8) is 0 Å². The molecule has 3 aromatic carbocycles. The smallest absolute Gasteiger partial charge is 0.346 e. The number of hydrogen-bond acceptors (Lipinski definition) is 6. The van der Waals surface area contributed by atoms with Crippen LogP contribution in [0, 0.1) is 0 Å². The van der Waals surface area contributed by atoms with Crippen LogP contribution in [0.5, 0.6) is 0 Å². The molecule has 0 bridgehead atoms. The summed E-state index contributed by atoms with van der Waals surface area (Å²) in [4.78, 5) is 32.1. The van der Waals surface area contributed by atoms with E-state index in [0.29, 0.717) is 26.7 Å². The summed E-state index contributed by atoms with van der Waals surface area (Å²) < 4.78 is 5.70. The lowest BCUT2D eigenvalue weighted by Crippen LogP contribution is -2.21. The third kappa shape index (κ3) is 5.04. The molecule has 0 radical (unpaired) electrons. The predicted molar refractivity (Wildman–Crippen MR) is 149 cm³/mol. The molecule has 0 atom stereocenters. The highest BCUT2D eigenvalue weighted by Crippen LogP contribution is 2.35. The molecule has 0 unspecified atom stereocenters. The highest BCUT2D eigenvalue weighted by atomic mass is 32.1. The maximum absolute atomic E-state index is 13.0. The van der Waals surface area contributed by atoms with E-state index in [1.54, 1.807) is 6.07 Å². The average Bonchev–Trinajstić information content (AvgIpc) is 3.32. The van der Waals surface area contributed by atoms with Crippen molar-refractivity contribution < 1.29 is 14.3 Å². The van der Waals surface area contributed by atoms with E-state index in [1.165, 1.54) is 11.3 Å². The number of aliphatic carboxylic acids is 1. The van der Waals surface area contributed by atoms with Crippen molar-refractivity contribution in [3.05, 3.63) is 94.2 Å². The Morgan fingerprint density at radius 2 is 1.59 bits per heavy atom. The van der Waals surface area contributed by atoms with Crippen LogP contribution in [0.4, 0.5) is 5.69 Å². The normalized spacial score (nSPS) is 11.1. The minimum absolute atomic E-state index is 0.181. The number of rotatable bonds is 8. The van der Waals surface area contributed by atoms with Gasteiger partial charge >= 0.3 is 11.6 Å². The van der Waals surface area contributed by atoms with Crippen molar-refractivity contribution in [1.82, 2.24) is 4.98 Å².